The van der Waals surface area contributed by atoms with Gasteiger partial charge in [-0.2, -0.15) is 0 Å². The van der Waals surface area contributed by atoms with Crippen LogP contribution in [0.2, 0.25) is 0 Å². The molecule has 5 heteroatoms. The molecule has 0 bridgehead atoms. The highest BCUT2D eigenvalue weighted by Gasteiger charge is 2.14. The molecule has 3 aromatic rings. The number of carbonyl (C=O) groups is 1. The van der Waals surface area contributed by atoms with E-state index in [0.29, 0.717) is 18.7 Å². The number of aromatic amines is 1. The van der Waals surface area contributed by atoms with Gasteiger partial charge in [-0.1, -0.05) is 16.8 Å². The maximum absolute atomic E-state index is 12.3. The van der Waals surface area contributed by atoms with Crippen LogP contribution in [0.25, 0.3) is 10.9 Å². The molecule has 0 saturated carbocycles. The number of benzene rings is 1. The third-order valence-electron chi connectivity index (χ3n) is 4.64. The summed E-state index contributed by atoms with van der Waals surface area (Å²) in [5, 5.41) is 8.13. The van der Waals surface area contributed by atoms with E-state index in [-0.39, 0.29) is 5.91 Å². The second-order valence-electron chi connectivity index (χ2n) is 6.48. The molecular weight excluding hydrogens is 302 g/mol. The van der Waals surface area contributed by atoms with Crippen LogP contribution < -0.4 is 5.32 Å². The lowest BCUT2D eigenvalue weighted by Gasteiger charge is -2.08. The maximum Gasteiger partial charge on any atom is 0.224 e. The maximum atomic E-state index is 12.3. The average molecular weight is 325 g/mol. The van der Waals surface area contributed by atoms with E-state index in [0.717, 1.165) is 22.3 Å². The van der Waals surface area contributed by atoms with Crippen LogP contribution >= 0.6 is 0 Å². The fourth-order valence-corrected chi connectivity index (χ4v) is 3.10. The summed E-state index contributed by atoms with van der Waals surface area (Å²) in [7, 11) is 0. The van der Waals surface area contributed by atoms with Gasteiger partial charge in [0.15, 0.2) is 0 Å². The molecule has 0 spiro atoms. The van der Waals surface area contributed by atoms with Crippen LogP contribution in [0.5, 0.6) is 0 Å². The molecule has 0 radical (unpaired) electrons. The Hall–Kier alpha value is -2.56. The van der Waals surface area contributed by atoms with Crippen molar-refractivity contribution in [2.24, 2.45) is 0 Å². The van der Waals surface area contributed by atoms with E-state index < -0.39 is 0 Å². The van der Waals surface area contributed by atoms with Crippen molar-refractivity contribution in [2.45, 2.75) is 47.6 Å². The lowest BCUT2D eigenvalue weighted by Crippen LogP contribution is -2.25. The van der Waals surface area contributed by atoms with Crippen LogP contribution in [-0.2, 0) is 17.8 Å². The predicted molar refractivity (Wildman–Crippen MR) is 94.0 cm³/mol. The molecule has 0 aliphatic carbocycles. The van der Waals surface area contributed by atoms with Gasteiger partial charge in [0.1, 0.15) is 5.76 Å². The molecule has 1 aromatic carbocycles. The second-order valence-corrected chi connectivity index (χ2v) is 6.48. The summed E-state index contributed by atoms with van der Waals surface area (Å²) in [6.45, 7) is 10.5. The van der Waals surface area contributed by atoms with Crippen molar-refractivity contribution in [3.8, 4) is 0 Å². The van der Waals surface area contributed by atoms with Gasteiger partial charge < -0.3 is 14.8 Å². The summed E-state index contributed by atoms with van der Waals surface area (Å²) in [6, 6.07) is 4.30. The molecule has 0 aliphatic rings. The van der Waals surface area contributed by atoms with Crippen LogP contribution in [0.1, 0.15) is 39.4 Å². The normalized spacial score (nSPS) is 11.2. The van der Waals surface area contributed by atoms with Crippen LogP contribution in [-0.4, -0.2) is 16.0 Å². The van der Waals surface area contributed by atoms with E-state index >= 15 is 0 Å². The topological polar surface area (TPSA) is 70.9 Å². The molecule has 0 atom stereocenters. The lowest BCUT2D eigenvalue weighted by molar-refractivity contribution is -0.120. The average Bonchev–Trinajstić information content (AvgIpc) is 2.99. The van der Waals surface area contributed by atoms with Gasteiger partial charge in [-0.25, -0.2) is 0 Å². The molecule has 0 saturated heterocycles. The Bertz CT molecular complexity index is 899. The fourth-order valence-electron chi connectivity index (χ4n) is 3.10. The van der Waals surface area contributed by atoms with Gasteiger partial charge in [-0.3, -0.25) is 4.79 Å². The van der Waals surface area contributed by atoms with Gasteiger partial charge in [0, 0.05) is 23.2 Å². The van der Waals surface area contributed by atoms with Crippen molar-refractivity contribution in [3.63, 3.8) is 0 Å². The molecule has 0 fully saturated rings. The monoisotopic (exact) mass is 325 g/mol. The van der Waals surface area contributed by atoms with Crippen molar-refractivity contribution in [3.05, 3.63) is 51.5 Å². The standard InChI is InChI=1S/C19H23N3O2/c1-10-6-15(19-16(7-10)11(2)12(3)21-19)9-20-18(23)8-17-13(4)22-24-14(17)5/h6-7,21H,8-9H2,1-5H3,(H,20,23). The van der Waals surface area contributed by atoms with E-state index in [1.54, 1.807) is 0 Å². The number of nitrogens with one attached hydrogen (secondary N) is 2. The number of fused-ring (bicyclic) bond motifs is 1. The first-order valence-corrected chi connectivity index (χ1v) is 8.13. The number of carbonyl (C=O) groups excluding carboxylic acids is 1. The number of aryl methyl sites for hydroxylation is 5. The molecule has 2 aromatic heterocycles. The molecule has 0 unspecified atom stereocenters. The molecule has 1 amide bonds. The first kappa shape index (κ1) is 16.3. The van der Waals surface area contributed by atoms with Crippen LogP contribution in [0, 0.1) is 34.6 Å². The zero-order valence-electron chi connectivity index (χ0n) is 14.8. The third-order valence-corrected chi connectivity index (χ3v) is 4.64. The van der Waals surface area contributed by atoms with E-state index in [1.807, 2.05) is 13.8 Å². The van der Waals surface area contributed by atoms with Crippen LogP contribution in [0.3, 0.4) is 0 Å². The minimum Gasteiger partial charge on any atom is -0.361 e. The third kappa shape index (κ3) is 2.94. The van der Waals surface area contributed by atoms with E-state index in [1.165, 1.54) is 22.2 Å². The number of H-pyrrole nitrogens is 1. The highest BCUT2D eigenvalue weighted by molar-refractivity contribution is 5.88. The minimum atomic E-state index is -0.0287. The van der Waals surface area contributed by atoms with Gasteiger partial charge in [-0.05, 0) is 51.8 Å². The predicted octanol–water partition coefficient (Wildman–Crippen LogP) is 3.56. The Balaban J connectivity index is 1.78. The van der Waals surface area contributed by atoms with E-state index in [9.17, 15) is 4.79 Å². The Morgan fingerprint density at radius 2 is 1.96 bits per heavy atom. The molecule has 24 heavy (non-hydrogen) atoms. The molecule has 2 heterocycles. The molecule has 0 aliphatic heterocycles. The molecule has 2 N–H and O–H groups in total. The molecule has 5 nitrogen and oxygen atoms in total. The first-order chi connectivity index (χ1) is 11.4. The number of rotatable bonds is 4. The number of hydrogen-bond donors (Lipinski definition) is 2. The van der Waals surface area contributed by atoms with Crippen molar-refractivity contribution >= 4 is 16.8 Å². The van der Waals surface area contributed by atoms with E-state index in [2.05, 4.69) is 48.4 Å². The lowest BCUT2D eigenvalue weighted by atomic mass is 10.0. The van der Waals surface area contributed by atoms with Gasteiger partial charge in [0.25, 0.3) is 0 Å². The number of hydrogen-bond acceptors (Lipinski definition) is 3. The summed E-state index contributed by atoms with van der Waals surface area (Å²) < 4.78 is 5.11. The summed E-state index contributed by atoms with van der Waals surface area (Å²) in [5.41, 5.74) is 7.47. The number of nitrogens with zero attached hydrogens (tertiary/aromatic N) is 1. The van der Waals surface area contributed by atoms with Crippen molar-refractivity contribution in [1.82, 2.24) is 15.5 Å². The first-order valence-electron chi connectivity index (χ1n) is 8.13. The van der Waals surface area contributed by atoms with Gasteiger partial charge in [0.05, 0.1) is 17.6 Å². The summed E-state index contributed by atoms with van der Waals surface area (Å²) in [5.74, 6) is 0.676. The van der Waals surface area contributed by atoms with Crippen molar-refractivity contribution < 1.29 is 9.32 Å². The van der Waals surface area contributed by atoms with Crippen LogP contribution in [0.15, 0.2) is 16.7 Å². The Kier molecular flexibility index (Phi) is 4.18. The Morgan fingerprint density at radius 3 is 2.62 bits per heavy atom. The van der Waals surface area contributed by atoms with Crippen molar-refractivity contribution in [2.75, 3.05) is 0 Å². The largest absolute Gasteiger partial charge is 0.361 e. The van der Waals surface area contributed by atoms with E-state index in [4.69, 9.17) is 4.52 Å². The number of amides is 1. The quantitative estimate of drug-likeness (QED) is 0.770. The van der Waals surface area contributed by atoms with Crippen molar-refractivity contribution in [1.29, 1.82) is 0 Å². The summed E-state index contributed by atoms with van der Waals surface area (Å²) in [4.78, 5) is 15.7. The zero-order chi connectivity index (χ0) is 17.4. The fraction of sp³-hybridized carbons (Fsp3) is 0.368. The Morgan fingerprint density at radius 1 is 1.21 bits per heavy atom. The van der Waals surface area contributed by atoms with Gasteiger partial charge in [0.2, 0.25) is 5.91 Å². The van der Waals surface area contributed by atoms with Crippen LogP contribution in [0.4, 0.5) is 0 Å². The molecular formula is C19H23N3O2. The highest BCUT2D eigenvalue weighted by Crippen LogP contribution is 2.26. The molecule has 3 rings (SSSR count). The smallest absolute Gasteiger partial charge is 0.224 e. The SMILES string of the molecule is Cc1cc(CNC(=O)Cc2c(C)noc2C)c2[nH]c(C)c(C)c2c1. The summed E-state index contributed by atoms with van der Waals surface area (Å²) in [6.07, 6.45) is 0.291. The summed E-state index contributed by atoms with van der Waals surface area (Å²) >= 11 is 0. The van der Waals surface area contributed by atoms with Gasteiger partial charge in [-0.15, -0.1) is 0 Å². The zero-order valence-corrected chi connectivity index (χ0v) is 14.8. The molecule has 126 valence electrons. The number of aromatic nitrogens is 2. The second kappa shape index (κ2) is 6.15. The Labute approximate surface area is 141 Å². The minimum absolute atomic E-state index is 0.0287. The van der Waals surface area contributed by atoms with Gasteiger partial charge >= 0.3 is 0 Å². The highest BCUT2D eigenvalue weighted by atomic mass is 16.5.